The molecule has 0 saturated carbocycles. The van der Waals surface area contributed by atoms with E-state index in [1.807, 2.05) is 25.1 Å². The minimum atomic E-state index is -0.113. The van der Waals surface area contributed by atoms with Crippen LogP contribution < -0.4 is 0 Å². The molecule has 0 radical (unpaired) electrons. The van der Waals surface area contributed by atoms with Crippen molar-refractivity contribution in [2.24, 2.45) is 0 Å². The number of hydrogen-bond donors (Lipinski definition) is 0. The SMILES string of the molecule is CCN(C)CCn1c(C(C)Cl)nc2ccc(Cl)cc21. The molecular weight excluding hydrogens is 281 g/mol. The van der Waals surface area contributed by atoms with Gasteiger partial charge in [-0.25, -0.2) is 4.98 Å². The Labute approximate surface area is 124 Å². The number of likely N-dealkylation sites (N-methyl/N-ethyl adjacent to an activating group) is 1. The highest BCUT2D eigenvalue weighted by Gasteiger charge is 2.15. The summed E-state index contributed by atoms with van der Waals surface area (Å²) in [6, 6.07) is 5.77. The van der Waals surface area contributed by atoms with E-state index in [4.69, 9.17) is 23.2 Å². The molecule has 1 heterocycles. The van der Waals surface area contributed by atoms with Crippen LogP contribution in [0.2, 0.25) is 5.02 Å². The van der Waals surface area contributed by atoms with E-state index >= 15 is 0 Å². The molecule has 3 nitrogen and oxygen atoms in total. The van der Waals surface area contributed by atoms with Gasteiger partial charge in [-0.1, -0.05) is 18.5 Å². The maximum atomic E-state index is 6.24. The topological polar surface area (TPSA) is 21.1 Å². The zero-order valence-corrected chi connectivity index (χ0v) is 13.0. The van der Waals surface area contributed by atoms with Gasteiger partial charge in [0.2, 0.25) is 0 Å². The number of benzene rings is 1. The molecule has 1 aromatic heterocycles. The molecular formula is C14H19Cl2N3. The zero-order valence-electron chi connectivity index (χ0n) is 11.5. The van der Waals surface area contributed by atoms with Crippen molar-refractivity contribution in [3.05, 3.63) is 29.0 Å². The molecule has 0 bridgehead atoms. The zero-order chi connectivity index (χ0) is 14.0. The first kappa shape index (κ1) is 14.6. The number of imidazole rings is 1. The predicted molar refractivity (Wildman–Crippen MR) is 82.2 cm³/mol. The van der Waals surface area contributed by atoms with Crippen molar-refractivity contribution in [3.63, 3.8) is 0 Å². The van der Waals surface area contributed by atoms with Gasteiger partial charge in [-0.2, -0.15) is 0 Å². The molecule has 0 aliphatic carbocycles. The summed E-state index contributed by atoms with van der Waals surface area (Å²) in [7, 11) is 2.11. The lowest BCUT2D eigenvalue weighted by Gasteiger charge is -2.16. The van der Waals surface area contributed by atoms with Crippen LogP contribution in [-0.2, 0) is 6.54 Å². The first-order valence-corrected chi connectivity index (χ1v) is 7.32. The van der Waals surface area contributed by atoms with Gasteiger partial charge in [0.05, 0.1) is 16.4 Å². The smallest absolute Gasteiger partial charge is 0.127 e. The van der Waals surface area contributed by atoms with Crippen molar-refractivity contribution in [3.8, 4) is 0 Å². The molecule has 0 fully saturated rings. The molecule has 19 heavy (non-hydrogen) atoms. The number of nitrogens with zero attached hydrogens (tertiary/aromatic N) is 3. The molecule has 0 amide bonds. The molecule has 0 saturated heterocycles. The molecule has 2 aromatic rings. The summed E-state index contributed by atoms with van der Waals surface area (Å²) >= 11 is 12.3. The van der Waals surface area contributed by atoms with Gasteiger partial charge in [0.15, 0.2) is 0 Å². The Bertz CT molecular complexity index is 563. The summed E-state index contributed by atoms with van der Waals surface area (Å²) in [5, 5.41) is 0.615. The second kappa shape index (κ2) is 6.12. The quantitative estimate of drug-likeness (QED) is 0.780. The minimum Gasteiger partial charge on any atom is -0.325 e. The van der Waals surface area contributed by atoms with Crippen LogP contribution in [-0.4, -0.2) is 34.6 Å². The molecule has 0 aliphatic rings. The molecule has 0 spiro atoms. The number of halogens is 2. The van der Waals surface area contributed by atoms with Crippen molar-refractivity contribution in [1.29, 1.82) is 0 Å². The normalized spacial score (nSPS) is 13.4. The first-order chi connectivity index (χ1) is 9.02. The Hall–Kier alpha value is -0.770. The third kappa shape index (κ3) is 3.22. The molecule has 104 valence electrons. The van der Waals surface area contributed by atoms with E-state index in [0.29, 0.717) is 0 Å². The maximum absolute atomic E-state index is 6.24. The van der Waals surface area contributed by atoms with Crippen molar-refractivity contribution >= 4 is 34.2 Å². The fourth-order valence-corrected chi connectivity index (χ4v) is 2.41. The van der Waals surface area contributed by atoms with Gasteiger partial charge < -0.3 is 9.47 Å². The Morgan fingerprint density at radius 2 is 2.16 bits per heavy atom. The van der Waals surface area contributed by atoms with Gasteiger partial charge >= 0.3 is 0 Å². The summed E-state index contributed by atoms with van der Waals surface area (Å²) in [6.45, 7) is 6.95. The van der Waals surface area contributed by atoms with E-state index in [2.05, 4.69) is 28.4 Å². The fourth-order valence-electron chi connectivity index (χ4n) is 2.08. The lowest BCUT2D eigenvalue weighted by molar-refractivity contribution is 0.335. The first-order valence-electron chi connectivity index (χ1n) is 6.51. The van der Waals surface area contributed by atoms with E-state index in [0.717, 1.165) is 41.5 Å². The van der Waals surface area contributed by atoms with E-state index in [1.54, 1.807) is 0 Å². The van der Waals surface area contributed by atoms with Gasteiger partial charge in [0.25, 0.3) is 0 Å². The monoisotopic (exact) mass is 299 g/mol. The highest BCUT2D eigenvalue weighted by molar-refractivity contribution is 6.31. The van der Waals surface area contributed by atoms with Crippen LogP contribution in [0.25, 0.3) is 11.0 Å². The second-order valence-corrected chi connectivity index (χ2v) is 5.86. The summed E-state index contributed by atoms with van der Waals surface area (Å²) < 4.78 is 2.17. The van der Waals surface area contributed by atoms with E-state index in [-0.39, 0.29) is 5.38 Å². The third-order valence-corrected chi connectivity index (χ3v) is 3.77. The van der Waals surface area contributed by atoms with Gasteiger partial charge in [0, 0.05) is 18.1 Å². The summed E-state index contributed by atoms with van der Waals surface area (Å²) in [6.07, 6.45) is 0. The van der Waals surface area contributed by atoms with Crippen LogP contribution in [0.3, 0.4) is 0 Å². The van der Waals surface area contributed by atoms with E-state index in [9.17, 15) is 0 Å². The molecule has 0 N–H and O–H groups in total. The van der Waals surface area contributed by atoms with Crippen LogP contribution in [0.1, 0.15) is 25.0 Å². The van der Waals surface area contributed by atoms with E-state index < -0.39 is 0 Å². The van der Waals surface area contributed by atoms with Crippen LogP contribution in [0.5, 0.6) is 0 Å². The summed E-state index contributed by atoms with van der Waals surface area (Å²) in [4.78, 5) is 6.87. The second-order valence-electron chi connectivity index (χ2n) is 4.77. The number of fused-ring (bicyclic) bond motifs is 1. The molecule has 2 rings (SSSR count). The van der Waals surface area contributed by atoms with Crippen LogP contribution in [0.15, 0.2) is 18.2 Å². The highest BCUT2D eigenvalue weighted by Crippen LogP contribution is 2.26. The Kier molecular flexibility index (Phi) is 4.71. The van der Waals surface area contributed by atoms with Crippen LogP contribution >= 0.6 is 23.2 Å². The standard InChI is InChI=1S/C14H19Cl2N3/c1-4-18(3)7-8-19-13-9-11(16)5-6-12(13)17-14(19)10(2)15/h5-6,9-10H,4,7-8H2,1-3H3. The molecule has 1 unspecified atom stereocenters. The molecule has 0 aliphatic heterocycles. The lowest BCUT2D eigenvalue weighted by atomic mass is 10.3. The number of hydrogen-bond acceptors (Lipinski definition) is 2. The molecule has 1 atom stereocenters. The summed E-state index contributed by atoms with van der Waals surface area (Å²) in [5.74, 6) is 0.906. The average molecular weight is 300 g/mol. The highest BCUT2D eigenvalue weighted by atomic mass is 35.5. The van der Waals surface area contributed by atoms with Crippen molar-refractivity contribution in [2.45, 2.75) is 25.8 Å². The minimum absolute atomic E-state index is 0.113. The van der Waals surface area contributed by atoms with Crippen LogP contribution in [0, 0.1) is 0 Å². The van der Waals surface area contributed by atoms with Crippen LogP contribution in [0.4, 0.5) is 0 Å². The van der Waals surface area contributed by atoms with Crippen molar-refractivity contribution < 1.29 is 0 Å². The van der Waals surface area contributed by atoms with Crippen molar-refractivity contribution in [2.75, 3.05) is 20.1 Å². The average Bonchev–Trinajstić information content (AvgIpc) is 2.74. The van der Waals surface area contributed by atoms with Gasteiger partial charge in [-0.05, 0) is 38.7 Å². The Morgan fingerprint density at radius 1 is 1.42 bits per heavy atom. The summed E-state index contributed by atoms with van der Waals surface area (Å²) in [5.41, 5.74) is 2.01. The third-order valence-electron chi connectivity index (χ3n) is 3.34. The number of aromatic nitrogens is 2. The number of rotatable bonds is 5. The predicted octanol–water partition coefficient (Wildman–Crippen LogP) is 3.94. The van der Waals surface area contributed by atoms with Gasteiger partial charge in [-0.15, -0.1) is 11.6 Å². The lowest BCUT2D eigenvalue weighted by Crippen LogP contribution is -2.23. The number of alkyl halides is 1. The van der Waals surface area contributed by atoms with Gasteiger partial charge in [0.1, 0.15) is 5.82 Å². The van der Waals surface area contributed by atoms with Crippen molar-refractivity contribution in [1.82, 2.24) is 14.5 Å². The Morgan fingerprint density at radius 3 is 2.79 bits per heavy atom. The van der Waals surface area contributed by atoms with Gasteiger partial charge in [-0.3, -0.25) is 0 Å². The molecule has 5 heteroatoms. The molecule has 1 aromatic carbocycles. The largest absolute Gasteiger partial charge is 0.325 e. The Balaban J connectivity index is 2.42. The fraction of sp³-hybridized carbons (Fsp3) is 0.500. The maximum Gasteiger partial charge on any atom is 0.127 e. The van der Waals surface area contributed by atoms with E-state index in [1.165, 1.54) is 0 Å².